The summed E-state index contributed by atoms with van der Waals surface area (Å²) in [6.07, 6.45) is 0. The fraction of sp³-hybridized carbons (Fsp3) is 0.182. The third-order valence-electron chi connectivity index (χ3n) is 4.16. The molecule has 1 heterocycles. The highest BCUT2D eigenvalue weighted by atomic mass is 35.5. The number of hydrogen-bond donors (Lipinski definition) is 2. The molecule has 0 aliphatic rings. The van der Waals surface area contributed by atoms with Gasteiger partial charge in [0.15, 0.2) is 5.76 Å². The molecule has 0 aliphatic carbocycles. The number of amides is 2. The Balaban J connectivity index is 1.48. The summed E-state index contributed by atoms with van der Waals surface area (Å²) < 4.78 is 11.1. The van der Waals surface area contributed by atoms with Crippen LogP contribution in [0.1, 0.15) is 27.4 Å². The van der Waals surface area contributed by atoms with Gasteiger partial charge < -0.3 is 19.8 Å². The number of nitrogens with one attached hydrogen (secondary N) is 2. The lowest BCUT2D eigenvalue weighted by Crippen LogP contribution is -2.32. The predicted molar refractivity (Wildman–Crippen MR) is 111 cm³/mol. The van der Waals surface area contributed by atoms with E-state index in [1.165, 1.54) is 0 Å². The molecule has 0 saturated heterocycles. The third-order valence-corrected chi connectivity index (χ3v) is 4.39. The van der Waals surface area contributed by atoms with Crippen LogP contribution < -0.4 is 15.4 Å². The Bertz CT molecular complexity index is 1010. The van der Waals surface area contributed by atoms with E-state index in [1.54, 1.807) is 30.3 Å². The van der Waals surface area contributed by atoms with Crippen molar-refractivity contribution in [3.63, 3.8) is 0 Å². The van der Waals surface area contributed by atoms with E-state index in [4.69, 9.17) is 20.8 Å². The minimum atomic E-state index is -0.477. The van der Waals surface area contributed by atoms with Crippen molar-refractivity contribution in [3.05, 3.63) is 82.3 Å². The molecule has 0 radical (unpaired) electrons. The molecule has 2 aromatic carbocycles. The molecular weight excluding hydrogens is 392 g/mol. The van der Waals surface area contributed by atoms with Gasteiger partial charge in [0.2, 0.25) is 5.91 Å². The van der Waals surface area contributed by atoms with Gasteiger partial charge in [0.1, 0.15) is 18.1 Å². The SMILES string of the molecule is Cc1ccc(OCc2ccc(C(=O)NCC(=O)Nc3ccc(Cl)cc3C)o2)cc1. The second-order valence-electron chi connectivity index (χ2n) is 6.56. The number of carbonyl (C=O) groups excluding carboxylic acids is 2. The fourth-order valence-electron chi connectivity index (χ4n) is 2.58. The van der Waals surface area contributed by atoms with Crippen LogP contribution in [0.3, 0.4) is 0 Å². The summed E-state index contributed by atoms with van der Waals surface area (Å²) in [5.41, 5.74) is 2.62. The molecule has 2 N–H and O–H groups in total. The number of aryl methyl sites for hydroxylation is 2. The number of halogens is 1. The van der Waals surface area contributed by atoms with Crippen LogP contribution in [0.25, 0.3) is 0 Å². The highest BCUT2D eigenvalue weighted by molar-refractivity contribution is 6.30. The van der Waals surface area contributed by atoms with Crippen molar-refractivity contribution in [2.24, 2.45) is 0 Å². The molecule has 6 nitrogen and oxygen atoms in total. The van der Waals surface area contributed by atoms with Crippen molar-refractivity contribution in [3.8, 4) is 5.75 Å². The van der Waals surface area contributed by atoms with Gasteiger partial charge >= 0.3 is 0 Å². The van der Waals surface area contributed by atoms with E-state index in [0.717, 1.165) is 11.1 Å². The van der Waals surface area contributed by atoms with Crippen LogP contribution in [0.2, 0.25) is 5.02 Å². The molecule has 1 aromatic heterocycles. The van der Waals surface area contributed by atoms with Gasteiger partial charge in [0.05, 0.1) is 6.54 Å². The van der Waals surface area contributed by atoms with Gasteiger partial charge in [-0.15, -0.1) is 0 Å². The molecule has 0 fully saturated rings. The summed E-state index contributed by atoms with van der Waals surface area (Å²) in [6.45, 7) is 3.85. The van der Waals surface area contributed by atoms with Crippen molar-refractivity contribution in [2.75, 3.05) is 11.9 Å². The summed E-state index contributed by atoms with van der Waals surface area (Å²) in [4.78, 5) is 24.3. The quantitative estimate of drug-likeness (QED) is 0.598. The standard InChI is InChI=1S/C22H21ClN2O4/c1-14-3-6-17(7-4-14)28-13-18-8-10-20(29-18)22(27)24-12-21(26)25-19-9-5-16(23)11-15(19)2/h3-11H,12-13H2,1-2H3,(H,24,27)(H,25,26). The maximum atomic E-state index is 12.2. The first-order valence-electron chi connectivity index (χ1n) is 9.03. The van der Waals surface area contributed by atoms with Crippen LogP contribution in [-0.2, 0) is 11.4 Å². The number of rotatable bonds is 7. The summed E-state index contributed by atoms with van der Waals surface area (Å²) >= 11 is 5.90. The Morgan fingerprint density at radius 2 is 1.79 bits per heavy atom. The normalized spacial score (nSPS) is 10.4. The minimum Gasteiger partial charge on any atom is -0.486 e. The third kappa shape index (κ3) is 5.86. The maximum absolute atomic E-state index is 12.2. The molecule has 29 heavy (non-hydrogen) atoms. The first-order chi connectivity index (χ1) is 13.9. The number of carbonyl (C=O) groups is 2. The second-order valence-corrected chi connectivity index (χ2v) is 6.99. The van der Waals surface area contributed by atoms with Gasteiger partial charge in [-0.25, -0.2) is 0 Å². The van der Waals surface area contributed by atoms with E-state index in [0.29, 0.717) is 22.2 Å². The van der Waals surface area contributed by atoms with Gasteiger partial charge in [0.25, 0.3) is 5.91 Å². The zero-order valence-electron chi connectivity index (χ0n) is 16.1. The Kier molecular flexibility index (Phi) is 6.57. The lowest BCUT2D eigenvalue weighted by Gasteiger charge is -2.09. The highest BCUT2D eigenvalue weighted by Crippen LogP contribution is 2.19. The number of benzene rings is 2. The van der Waals surface area contributed by atoms with Gasteiger partial charge in [-0.2, -0.15) is 0 Å². The molecule has 2 amide bonds. The van der Waals surface area contributed by atoms with Gasteiger partial charge in [-0.3, -0.25) is 9.59 Å². The monoisotopic (exact) mass is 412 g/mol. The van der Waals surface area contributed by atoms with Crippen molar-refractivity contribution in [1.82, 2.24) is 5.32 Å². The van der Waals surface area contributed by atoms with Crippen LogP contribution in [0.4, 0.5) is 5.69 Å². The summed E-state index contributed by atoms with van der Waals surface area (Å²) in [7, 11) is 0. The van der Waals surface area contributed by atoms with Crippen LogP contribution >= 0.6 is 11.6 Å². The van der Waals surface area contributed by atoms with Crippen molar-refractivity contribution < 1.29 is 18.7 Å². The molecule has 0 atom stereocenters. The molecular formula is C22H21ClN2O4. The Labute approximate surface area is 173 Å². The van der Waals surface area contributed by atoms with E-state index in [2.05, 4.69) is 10.6 Å². The van der Waals surface area contributed by atoms with Gasteiger partial charge in [-0.1, -0.05) is 29.3 Å². The number of furan rings is 1. The maximum Gasteiger partial charge on any atom is 0.287 e. The van der Waals surface area contributed by atoms with E-state index in [1.807, 2.05) is 38.1 Å². The van der Waals surface area contributed by atoms with E-state index >= 15 is 0 Å². The molecule has 150 valence electrons. The van der Waals surface area contributed by atoms with Crippen molar-refractivity contribution >= 4 is 29.1 Å². The van der Waals surface area contributed by atoms with Crippen molar-refractivity contribution in [2.45, 2.75) is 20.5 Å². The zero-order valence-corrected chi connectivity index (χ0v) is 16.9. The smallest absolute Gasteiger partial charge is 0.287 e. The minimum absolute atomic E-state index is 0.114. The molecule has 0 bridgehead atoms. The molecule has 0 spiro atoms. The number of hydrogen-bond acceptors (Lipinski definition) is 4. The first-order valence-corrected chi connectivity index (χ1v) is 9.41. The summed E-state index contributed by atoms with van der Waals surface area (Å²) in [5, 5.41) is 5.85. The lowest BCUT2D eigenvalue weighted by molar-refractivity contribution is -0.115. The lowest BCUT2D eigenvalue weighted by atomic mass is 10.2. The molecule has 3 rings (SSSR count). The Morgan fingerprint density at radius 3 is 2.52 bits per heavy atom. The van der Waals surface area contributed by atoms with E-state index in [-0.39, 0.29) is 24.8 Å². The molecule has 3 aromatic rings. The van der Waals surface area contributed by atoms with E-state index in [9.17, 15) is 9.59 Å². The molecule has 0 aliphatic heterocycles. The topological polar surface area (TPSA) is 80.6 Å². The summed E-state index contributed by atoms with van der Waals surface area (Å²) in [6, 6.07) is 16.0. The van der Waals surface area contributed by atoms with Crippen LogP contribution in [0, 0.1) is 13.8 Å². The Morgan fingerprint density at radius 1 is 1.03 bits per heavy atom. The summed E-state index contributed by atoms with van der Waals surface area (Å²) in [5.74, 6) is 0.514. The molecule has 7 heteroatoms. The number of anilines is 1. The fourth-order valence-corrected chi connectivity index (χ4v) is 2.80. The van der Waals surface area contributed by atoms with Crippen molar-refractivity contribution in [1.29, 1.82) is 0 Å². The largest absolute Gasteiger partial charge is 0.486 e. The van der Waals surface area contributed by atoms with Crippen LogP contribution in [-0.4, -0.2) is 18.4 Å². The highest BCUT2D eigenvalue weighted by Gasteiger charge is 2.13. The molecule has 0 unspecified atom stereocenters. The zero-order chi connectivity index (χ0) is 20.8. The molecule has 0 saturated carbocycles. The first kappa shape index (κ1) is 20.5. The van der Waals surface area contributed by atoms with Crippen LogP contribution in [0.15, 0.2) is 59.0 Å². The second kappa shape index (κ2) is 9.30. The van der Waals surface area contributed by atoms with E-state index < -0.39 is 5.91 Å². The number of ether oxygens (including phenoxy) is 1. The van der Waals surface area contributed by atoms with Gasteiger partial charge in [-0.05, 0) is 61.9 Å². The average Bonchev–Trinajstić information content (AvgIpc) is 3.17. The average molecular weight is 413 g/mol. The predicted octanol–water partition coefficient (Wildman–Crippen LogP) is 4.50. The van der Waals surface area contributed by atoms with Crippen LogP contribution in [0.5, 0.6) is 5.75 Å². The van der Waals surface area contributed by atoms with Gasteiger partial charge in [0, 0.05) is 10.7 Å². The Hall–Kier alpha value is -3.25.